The molecule has 1 amide bonds. The molecular weight excluding hydrogens is 382 g/mol. The van der Waals surface area contributed by atoms with E-state index in [1.807, 2.05) is 23.7 Å². The predicted molar refractivity (Wildman–Crippen MR) is 115 cm³/mol. The highest BCUT2D eigenvalue weighted by Gasteiger charge is 2.23. The SMILES string of the molecule is O=C(NC1CCN(Cc2cccs2)CC1)c1cnc2c(c1)ncn2C1CCCC1. The molecule has 1 saturated heterocycles. The minimum absolute atomic E-state index is 0.0356. The highest BCUT2D eigenvalue weighted by molar-refractivity contribution is 7.09. The molecule has 0 radical (unpaired) electrons. The van der Waals surface area contributed by atoms with Crippen LogP contribution in [0.5, 0.6) is 0 Å². The number of imidazole rings is 1. The van der Waals surface area contributed by atoms with Gasteiger partial charge in [-0.25, -0.2) is 9.97 Å². The Bertz CT molecular complexity index is 968. The lowest BCUT2D eigenvalue weighted by Gasteiger charge is -2.32. The summed E-state index contributed by atoms with van der Waals surface area (Å²) in [4.78, 5) is 25.7. The second kappa shape index (κ2) is 8.24. The van der Waals surface area contributed by atoms with Crippen LogP contribution in [0.2, 0.25) is 0 Å². The topological polar surface area (TPSA) is 63.1 Å². The van der Waals surface area contributed by atoms with E-state index in [1.54, 1.807) is 6.20 Å². The van der Waals surface area contributed by atoms with Gasteiger partial charge < -0.3 is 9.88 Å². The Balaban J connectivity index is 1.19. The molecule has 0 bridgehead atoms. The van der Waals surface area contributed by atoms with E-state index >= 15 is 0 Å². The fourth-order valence-electron chi connectivity index (χ4n) is 4.62. The van der Waals surface area contributed by atoms with E-state index < -0.39 is 0 Å². The third-order valence-corrected chi connectivity index (χ3v) is 7.14. The van der Waals surface area contributed by atoms with Crippen molar-refractivity contribution in [1.29, 1.82) is 0 Å². The Morgan fingerprint density at radius 3 is 2.76 bits per heavy atom. The van der Waals surface area contributed by atoms with Crippen molar-refractivity contribution in [2.75, 3.05) is 13.1 Å². The number of pyridine rings is 1. The summed E-state index contributed by atoms with van der Waals surface area (Å²) in [6.07, 6.45) is 10.5. The van der Waals surface area contributed by atoms with Crippen molar-refractivity contribution in [2.45, 2.75) is 57.2 Å². The highest BCUT2D eigenvalue weighted by Crippen LogP contribution is 2.31. The molecule has 152 valence electrons. The van der Waals surface area contributed by atoms with Gasteiger partial charge in [0.25, 0.3) is 5.91 Å². The van der Waals surface area contributed by atoms with E-state index in [0.717, 1.165) is 43.6 Å². The van der Waals surface area contributed by atoms with E-state index in [4.69, 9.17) is 0 Å². The van der Waals surface area contributed by atoms with Gasteiger partial charge in [-0.3, -0.25) is 9.69 Å². The quantitative estimate of drug-likeness (QED) is 0.692. The van der Waals surface area contributed by atoms with E-state index in [0.29, 0.717) is 11.6 Å². The van der Waals surface area contributed by atoms with E-state index in [2.05, 4.69) is 42.3 Å². The molecule has 1 N–H and O–H groups in total. The molecule has 2 aliphatic rings. The van der Waals surface area contributed by atoms with Crippen molar-refractivity contribution in [1.82, 2.24) is 24.8 Å². The van der Waals surface area contributed by atoms with Gasteiger partial charge in [-0.1, -0.05) is 18.9 Å². The van der Waals surface area contributed by atoms with Crippen molar-refractivity contribution in [3.63, 3.8) is 0 Å². The zero-order chi connectivity index (χ0) is 19.6. The van der Waals surface area contributed by atoms with Gasteiger partial charge in [-0.15, -0.1) is 11.3 Å². The summed E-state index contributed by atoms with van der Waals surface area (Å²) in [5, 5.41) is 5.33. The third-order valence-electron chi connectivity index (χ3n) is 6.28. The molecule has 0 aromatic carbocycles. The second-order valence-corrected chi connectivity index (χ2v) is 9.29. The minimum Gasteiger partial charge on any atom is -0.349 e. The molecule has 0 spiro atoms. The molecule has 3 aromatic heterocycles. The molecule has 0 atom stereocenters. The van der Waals surface area contributed by atoms with Gasteiger partial charge in [0.15, 0.2) is 5.65 Å². The number of amides is 1. The number of hydrogen-bond donors (Lipinski definition) is 1. The largest absolute Gasteiger partial charge is 0.349 e. The maximum absolute atomic E-state index is 12.8. The average Bonchev–Trinajstić information content (AvgIpc) is 3.50. The van der Waals surface area contributed by atoms with Gasteiger partial charge >= 0.3 is 0 Å². The normalized spacial score (nSPS) is 19.2. The van der Waals surface area contributed by atoms with Crippen LogP contribution in [0.3, 0.4) is 0 Å². The maximum Gasteiger partial charge on any atom is 0.253 e. The lowest BCUT2D eigenvalue weighted by molar-refractivity contribution is 0.0909. The summed E-state index contributed by atoms with van der Waals surface area (Å²) in [6.45, 7) is 3.06. The molecule has 4 heterocycles. The van der Waals surface area contributed by atoms with Crippen molar-refractivity contribution in [3.05, 3.63) is 46.5 Å². The average molecular weight is 410 g/mol. The van der Waals surface area contributed by atoms with Crippen molar-refractivity contribution in [3.8, 4) is 0 Å². The Labute approximate surface area is 175 Å². The number of fused-ring (bicyclic) bond motifs is 1. The Morgan fingerprint density at radius 1 is 1.17 bits per heavy atom. The first kappa shape index (κ1) is 18.8. The fourth-order valence-corrected chi connectivity index (χ4v) is 5.37. The molecule has 29 heavy (non-hydrogen) atoms. The zero-order valence-corrected chi connectivity index (χ0v) is 17.4. The van der Waals surface area contributed by atoms with E-state index in [9.17, 15) is 4.79 Å². The third kappa shape index (κ3) is 4.07. The van der Waals surface area contributed by atoms with Crippen molar-refractivity contribution >= 4 is 28.4 Å². The molecular formula is C22H27N5OS. The number of likely N-dealkylation sites (tertiary alicyclic amines) is 1. The molecule has 1 aliphatic heterocycles. The lowest BCUT2D eigenvalue weighted by Crippen LogP contribution is -2.44. The predicted octanol–water partition coefficient (Wildman–Crippen LogP) is 4.00. The molecule has 5 rings (SSSR count). The number of nitrogens with zero attached hydrogens (tertiary/aromatic N) is 4. The van der Waals surface area contributed by atoms with Crippen molar-refractivity contribution in [2.24, 2.45) is 0 Å². The van der Waals surface area contributed by atoms with Gasteiger partial charge in [0.2, 0.25) is 0 Å². The van der Waals surface area contributed by atoms with E-state index in [-0.39, 0.29) is 11.9 Å². The Morgan fingerprint density at radius 2 is 2.00 bits per heavy atom. The number of piperidine rings is 1. The standard InChI is InChI=1S/C22H27N5OS/c28-22(25-17-7-9-26(10-8-17)14-19-6-3-11-29-19)16-12-20-21(23-13-16)27(15-24-20)18-4-1-2-5-18/h3,6,11-13,15,17-18H,1-2,4-5,7-10,14H2,(H,25,28). The highest BCUT2D eigenvalue weighted by atomic mass is 32.1. The molecule has 0 unspecified atom stereocenters. The number of carbonyl (C=O) groups is 1. The van der Waals surface area contributed by atoms with Crippen LogP contribution < -0.4 is 5.32 Å². The van der Waals surface area contributed by atoms with Gasteiger partial charge in [0, 0.05) is 42.8 Å². The van der Waals surface area contributed by atoms with Gasteiger partial charge in [0.1, 0.15) is 5.52 Å². The number of carbonyl (C=O) groups excluding carboxylic acids is 1. The van der Waals surface area contributed by atoms with Gasteiger partial charge in [-0.2, -0.15) is 0 Å². The van der Waals surface area contributed by atoms with Crippen LogP contribution in [-0.2, 0) is 6.54 Å². The first-order chi connectivity index (χ1) is 14.3. The first-order valence-electron chi connectivity index (χ1n) is 10.6. The Kier molecular flexibility index (Phi) is 5.33. The zero-order valence-electron chi connectivity index (χ0n) is 16.6. The summed E-state index contributed by atoms with van der Waals surface area (Å²) in [5.41, 5.74) is 2.32. The van der Waals surface area contributed by atoms with Crippen LogP contribution in [0.1, 0.15) is 59.8 Å². The first-order valence-corrected chi connectivity index (χ1v) is 11.5. The second-order valence-electron chi connectivity index (χ2n) is 8.26. The number of rotatable bonds is 5. The summed E-state index contributed by atoms with van der Waals surface area (Å²) >= 11 is 1.81. The van der Waals surface area contributed by atoms with Gasteiger partial charge in [0.05, 0.1) is 11.9 Å². The smallest absolute Gasteiger partial charge is 0.253 e. The summed E-state index contributed by atoms with van der Waals surface area (Å²) < 4.78 is 2.19. The van der Waals surface area contributed by atoms with Gasteiger partial charge in [-0.05, 0) is 43.2 Å². The molecule has 1 saturated carbocycles. The molecule has 6 nitrogen and oxygen atoms in total. The van der Waals surface area contributed by atoms with Crippen LogP contribution in [0.4, 0.5) is 0 Å². The van der Waals surface area contributed by atoms with Crippen LogP contribution in [0.25, 0.3) is 11.2 Å². The summed E-state index contributed by atoms with van der Waals surface area (Å²) in [6, 6.07) is 6.92. The minimum atomic E-state index is -0.0356. The number of hydrogen-bond acceptors (Lipinski definition) is 5. The van der Waals surface area contributed by atoms with Crippen LogP contribution in [0, 0.1) is 0 Å². The van der Waals surface area contributed by atoms with Crippen molar-refractivity contribution < 1.29 is 4.79 Å². The lowest BCUT2D eigenvalue weighted by atomic mass is 10.0. The summed E-state index contributed by atoms with van der Waals surface area (Å²) in [7, 11) is 0. The van der Waals surface area contributed by atoms with Crippen LogP contribution in [0.15, 0.2) is 36.1 Å². The number of aromatic nitrogens is 3. The molecule has 3 aromatic rings. The Hall–Kier alpha value is -2.25. The summed E-state index contributed by atoms with van der Waals surface area (Å²) in [5.74, 6) is -0.0356. The number of thiophene rings is 1. The van der Waals surface area contributed by atoms with E-state index in [1.165, 1.54) is 30.6 Å². The maximum atomic E-state index is 12.8. The van der Waals surface area contributed by atoms with Crippen LogP contribution in [-0.4, -0.2) is 44.5 Å². The van der Waals surface area contributed by atoms with Crippen LogP contribution >= 0.6 is 11.3 Å². The molecule has 2 fully saturated rings. The number of nitrogens with one attached hydrogen (secondary N) is 1. The molecule has 1 aliphatic carbocycles. The fraction of sp³-hybridized carbons (Fsp3) is 0.500. The molecule has 7 heteroatoms. The monoisotopic (exact) mass is 409 g/mol.